The van der Waals surface area contributed by atoms with Gasteiger partial charge in [0.2, 0.25) is 0 Å². The Kier molecular flexibility index (Phi) is 3.21. The van der Waals surface area contributed by atoms with Gasteiger partial charge in [0, 0.05) is 24.4 Å². The highest BCUT2D eigenvalue weighted by atomic mass is 15.1. The van der Waals surface area contributed by atoms with Crippen LogP contribution in [0, 0.1) is 0 Å². The summed E-state index contributed by atoms with van der Waals surface area (Å²) in [6.07, 6.45) is 5.77. The van der Waals surface area contributed by atoms with Crippen molar-refractivity contribution in [3.05, 3.63) is 23.8 Å². The normalized spacial score (nSPS) is 20.9. The van der Waals surface area contributed by atoms with E-state index in [0.29, 0.717) is 6.54 Å². The average Bonchev–Trinajstić information content (AvgIpc) is 2.33. The van der Waals surface area contributed by atoms with Crippen LogP contribution < -0.4 is 5.73 Å². The van der Waals surface area contributed by atoms with E-state index in [1.54, 1.807) is 12.4 Å². The second kappa shape index (κ2) is 4.47. The van der Waals surface area contributed by atoms with Gasteiger partial charge in [-0.3, -0.25) is 9.97 Å². The maximum Gasteiger partial charge on any atom is 0.0760 e. The molecule has 2 heterocycles. The predicted octanol–water partition coefficient (Wildman–Crippen LogP) is 0.919. The van der Waals surface area contributed by atoms with Crippen LogP contribution in [0.4, 0.5) is 0 Å². The van der Waals surface area contributed by atoms with E-state index < -0.39 is 0 Å². The van der Waals surface area contributed by atoms with E-state index in [1.165, 1.54) is 0 Å². The minimum Gasteiger partial charge on any atom is -0.325 e. The number of piperidine rings is 1. The molecule has 0 amide bonds. The van der Waals surface area contributed by atoms with Gasteiger partial charge in [0.25, 0.3) is 0 Å². The van der Waals surface area contributed by atoms with Crippen molar-refractivity contribution < 1.29 is 0 Å². The summed E-state index contributed by atoms with van der Waals surface area (Å²) < 4.78 is 0. The second-order valence-electron chi connectivity index (χ2n) is 4.92. The van der Waals surface area contributed by atoms with E-state index in [-0.39, 0.29) is 5.41 Å². The highest BCUT2D eigenvalue weighted by Gasteiger charge is 2.33. The molecule has 0 aliphatic carbocycles. The fraction of sp³-hybridized carbons (Fsp3) is 0.667. The number of nitrogens with two attached hydrogens (primary N) is 1. The SMILES string of the molecule is CN1CCC(C)(c2nccnc2CN)CC1. The number of hydrogen-bond donors (Lipinski definition) is 1. The van der Waals surface area contributed by atoms with Crippen LogP contribution in [0.3, 0.4) is 0 Å². The summed E-state index contributed by atoms with van der Waals surface area (Å²) >= 11 is 0. The lowest BCUT2D eigenvalue weighted by molar-refractivity contribution is 0.195. The molecule has 0 atom stereocenters. The third-order valence-corrected chi connectivity index (χ3v) is 3.63. The van der Waals surface area contributed by atoms with Crippen molar-refractivity contribution in [2.24, 2.45) is 5.73 Å². The van der Waals surface area contributed by atoms with Crippen LogP contribution >= 0.6 is 0 Å². The molecule has 0 aromatic carbocycles. The van der Waals surface area contributed by atoms with Crippen LogP contribution in [0.25, 0.3) is 0 Å². The number of aromatic nitrogens is 2. The topological polar surface area (TPSA) is 55.0 Å². The molecule has 1 aromatic rings. The van der Waals surface area contributed by atoms with Crippen LogP contribution in [0.15, 0.2) is 12.4 Å². The molecule has 0 saturated carbocycles. The van der Waals surface area contributed by atoms with Crippen molar-refractivity contribution in [2.45, 2.75) is 31.7 Å². The molecule has 4 heteroatoms. The quantitative estimate of drug-likeness (QED) is 0.805. The molecule has 1 aromatic heterocycles. The molecule has 1 fully saturated rings. The maximum atomic E-state index is 5.73. The van der Waals surface area contributed by atoms with E-state index in [2.05, 4.69) is 28.8 Å². The smallest absolute Gasteiger partial charge is 0.0760 e. The van der Waals surface area contributed by atoms with Crippen molar-refractivity contribution in [1.82, 2.24) is 14.9 Å². The van der Waals surface area contributed by atoms with Gasteiger partial charge in [-0.15, -0.1) is 0 Å². The molecule has 0 bridgehead atoms. The molecule has 0 radical (unpaired) electrons. The Bertz CT molecular complexity index is 356. The lowest BCUT2D eigenvalue weighted by Crippen LogP contribution is -2.40. The Morgan fingerprint density at radius 2 is 1.94 bits per heavy atom. The lowest BCUT2D eigenvalue weighted by atomic mass is 9.76. The highest BCUT2D eigenvalue weighted by molar-refractivity contribution is 5.22. The minimum absolute atomic E-state index is 0.148. The molecule has 2 rings (SSSR count). The van der Waals surface area contributed by atoms with Crippen LogP contribution in [0.1, 0.15) is 31.2 Å². The number of rotatable bonds is 2. The van der Waals surface area contributed by atoms with Crippen molar-refractivity contribution in [3.8, 4) is 0 Å². The van der Waals surface area contributed by atoms with Crippen molar-refractivity contribution in [2.75, 3.05) is 20.1 Å². The zero-order valence-corrected chi connectivity index (χ0v) is 10.1. The predicted molar refractivity (Wildman–Crippen MR) is 64.0 cm³/mol. The Morgan fingerprint density at radius 3 is 2.56 bits per heavy atom. The second-order valence-corrected chi connectivity index (χ2v) is 4.92. The third kappa shape index (κ3) is 2.08. The zero-order valence-electron chi connectivity index (χ0n) is 10.1. The number of likely N-dealkylation sites (tertiary alicyclic amines) is 1. The van der Waals surface area contributed by atoms with E-state index in [9.17, 15) is 0 Å². The van der Waals surface area contributed by atoms with Gasteiger partial charge in [-0.1, -0.05) is 6.92 Å². The summed E-state index contributed by atoms with van der Waals surface area (Å²) in [4.78, 5) is 11.2. The van der Waals surface area contributed by atoms with Crippen LogP contribution in [0.5, 0.6) is 0 Å². The molecular weight excluding hydrogens is 200 g/mol. The van der Waals surface area contributed by atoms with Gasteiger partial charge in [0.1, 0.15) is 0 Å². The van der Waals surface area contributed by atoms with Gasteiger partial charge in [0.15, 0.2) is 0 Å². The summed E-state index contributed by atoms with van der Waals surface area (Å²) in [6.45, 7) is 5.01. The van der Waals surface area contributed by atoms with Gasteiger partial charge in [-0.05, 0) is 33.0 Å². The van der Waals surface area contributed by atoms with Gasteiger partial charge >= 0.3 is 0 Å². The molecule has 1 saturated heterocycles. The van der Waals surface area contributed by atoms with Crippen molar-refractivity contribution >= 4 is 0 Å². The Labute approximate surface area is 96.9 Å². The summed E-state index contributed by atoms with van der Waals surface area (Å²) in [5.74, 6) is 0. The molecule has 0 unspecified atom stereocenters. The number of hydrogen-bond acceptors (Lipinski definition) is 4. The monoisotopic (exact) mass is 220 g/mol. The first kappa shape index (κ1) is 11.5. The molecule has 16 heavy (non-hydrogen) atoms. The molecule has 4 nitrogen and oxygen atoms in total. The van der Waals surface area contributed by atoms with Gasteiger partial charge in [0.05, 0.1) is 11.4 Å². The van der Waals surface area contributed by atoms with E-state index in [0.717, 1.165) is 37.3 Å². The van der Waals surface area contributed by atoms with Crippen LogP contribution in [-0.2, 0) is 12.0 Å². The molecule has 88 valence electrons. The highest BCUT2D eigenvalue weighted by Crippen LogP contribution is 2.34. The summed E-state index contributed by atoms with van der Waals surface area (Å²) in [5.41, 5.74) is 7.93. The molecule has 0 spiro atoms. The van der Waals surface area contributed by atoms with E-state index in [1.807, 2.05) is 0 Å². The van der Waals surface area contributed by atoms with Crippen LogP contribution in [0.2, 0.25) is 0 Å². The first-order valence-corrected chi connectivity index (χ1v) is 5.85. The third-order valence-electron chi connectivity index (χ3n) is 3.63. The summed E-state index contributed by atoms with van der Waals surface area (Å²) in [6, 6.07) is 0. The van der Waals surface area contributed by atoms with Gasteiger partial charge < -0.3 is 10.6 Å². The van der Waals surface area contributed by atoms with Gasteiger partial charge in [-0.25, -0.2) is 0 Å². The summed E-state index contributed by atoms with van der Waals surface area (Å²) in [5, 5.41) is 0. The molecule has 1 aliphatic heterocycles. The molecular formula is C12H20N4. The Morgan fingerprint density at radius 1 is 1.31 bits per heavy atom. The van der Waals surface area contributed by atoms with E-state index in [4.69, 9.17) is 5.73 Å². The fourth-order valence-electron chi connectivity index (χ4n) is 2.37. The van der Waals surface area contributed by atoms with Crippen molar-refractivity contribution in [3.63, 3.8) is 0 Å². The fourth-order valence-corrected chi connectivity index (χ4v) is 2.37. The minimum atomic E-state index is 0.148. The first-order valence-electron chi connectivity index (χ1n) is 5.85. The molecule has 2 N–H and O–H groups in total. The molecule has 1 aliphatic rings. The largest absolute Gasteiger partial charge is 0.325 e. The van der Waals surface area contributed by atoms with Crippen molar-refractivity contribution in [1.29, 1.82) is 0 Å². The number of nitrogens with zero attached hydrogens (tertiary/aromatic N) is 3. The Balaban J connectivity index is 2.28. The standard InChI is InChI=1S/C12H20N4/c1-12(3-7-16(2)8-4-12)11-10(9-13)14-5-6-15-11/h5-6H,3-4,7-9,13H2,1-2H3. The average molecular weight is 220 g/mol. The lowest BCUT2D eigenvalue weighted by Gasteiger charge is -2.38. The van der Waals surface area contributed by atoms with Gasteiger partial charge in [-0.2, -0.15) is 0 Å². The maximum absolute atomic E-state index is 5.73. The summed E-state index contributed by atoms with van der Waals surface area (Å²) in [7, 11) is 2.17. The zero-order chi connectivity index (χ0) is 11.6. The Hall–Kier alpha value is -1.00. The van der Waals surface area contributed by atoms with E-state index >= 15 is 0 Å². The van der Waals surface area contributed by atoms with Crippen LogP contribution in [-0.4, -0.2) is 35.0 Å². The first-order chi connectivity index (χ1) is 7.65.